The summed E-state index contributed by atoms with van der Waals surface area (Å²) in [5.74, 6) is -1.44. The summed E-state index contributed by atoms with van der Waals surface area (Å²) in [6.45, 7) is 3.52. The molecule has 0 bridgehead atoms. The van der Waals surface area contributed by atoms with Gasteiger partial charge in [0.25, 0.3) is 5.91 Å². The number of sulfonamides is 1. The first-order chi connectivity index (χ1) is 12.6. The Kier molecular flexibility index (Phi) is 6.31. The summed E-state index contributed by atoms with van der Waals surface area (Å²) >= 11 is 0. The van der Waals surface area contributed by atoms with Gasteiger partial charge >= 0.3 is 0 Å². The highest BCUT2D eigenvalue weighted by atomic mass is 32.2. The number of amides is 1. The summed E-state index contributed by atoms with van der Waals surface area (Å²) in [6, 6.07) is 11.5. The monoisotopic (exact) mass is 389 g/mol. The molecule has 0 aliphatic carbocycles. The summed E-state index contributed by atoms with van der Waals surface area (Å²) in [5.41, 5.74) is 0.933. The van der Waals surface area contributed by atoms with E-state index in [-0.39, 0.29) is 23.0 Å². The molecule has 142 valence electrons. The van der Waals surface area contributed by atoms with Crippen molar-refractivity contribution in [2.75, 3.05) is 7.05 Å². The number of halogens is 1. The van der Waals surface area contributed by atoms with Crippen molar-refractivity contribution in [1.29, 1.82) is 5.26 Å². The predicted molar refractivity (Wildman–Crippen MR) is 98.8 cm³/mol. The minimum Gasteiger partial charge on any atom is -0.337 e. The van der Waals surface area contributed by atoms with Crippen LogP contribution < -0.4 is 4.72 Å². The molecule has 27 heavy (non-hydrogen) atoms. The third-order valence-corrected chi connectivity index (χ3v) is 5.38. The second-order valence-electron chi connectivity index (χ2n) is 6.39. The largest absolute Gasteiger partial charge is 0.337 e. The van der Waals surface area contributed by atoms with Gasteiger partial charge in [0.15, 0.2) is 0 Å². The average Bonchev–Trinajstić information content (AvgIpc) is 2.61. The highest BCUT2D eigenvalue weighted by Crippen LogP contribution is 2.18. The summed E-state index contributed by atoms with van der Waals surface area (Å²) in [7, 11) is -2.35. The highest BCUT2D eigenvalue weighted by Gasteiger charge is 2.22. The third-order valence-electron chi connectivity index (χ3n) is 3.72. The molecule has 0 spiro atoms. The van der Waals surface area contributed by atoms with Crippen molar-refractivity contribution >= 4 is 15.9 Å². The molecule has 2 aromatic carbocycles. The first-order valence-electron chi connectivity index (χ1n) is 8.20. The molecule has 0 heterocycles. The lowest BCUT2D eigenvalue weighted by Gasteiger charge is -2.18. The molecule has 0 saturated carbocycles. The Morgan fingerprint density at radius 1 is 1.22 bits per heavy atom. The van der Waals surface area contributed by atoms with E-state index in [0.29, 0.717) is 5.56 Å². The van der Waals surface area contributed by atoms with Crippen LogP contribution in [0.25, 0.3) is 0 Å². The van der Waals surface area contributed by atoms with Crippen LogP contribution in [0.3, 0.4) is 0 Å². The molecule has 2 rings (SSSR count). The van der Waals surface area contributed by atoms with E-state index in [4.69, 9.17) is 5.26 Å². The summed E-state index contributed by atoms with van der Waals surface area (Å²) < 4.78 is 41.1. The van der Waals surface area contributed by atoms with Crippen molar-refractivity contribution in [3.8, 4) is 6.07 Å². The standard InChI is InChI=1S/C19H20FN3O3S/c1-13(2)22-27(25,26)16-8-9-18(20)17(10-16)19(24)23(3)12-15-6-4-14(11-21)5-7-15/h4-10,13,22H,12H2,1-3H3. The Hall–Kier alpha value is -2.76. The van der Waals surface area contributed by atoms with Crippen molar-refractivity contribution in [3.63, 3.8) is 0 Å². The molecule has 0 aliphatic rings. The average molecular weight is 389 g/mol. The van der Waals surface area contributed by atoms with Gasteiger partial charge in [0.05, 0.1) is 22.1 Å². The molecule has 2 aromatic rings. The van der Waals surface area contributed by atoms with Crippen LogP contribution in [0.2, 0.25) is 0 Å². The Balaban J connectivity index is 2.26. The second kappa shape index (κ2) is 8.29. The SMILES string of the molecule is CC(C)NS(=O)(=O)c1ccc(F)c(C(=O)N(C)Cc2ccc(C#N)cc2)c1. The lowest BCUT2D eigenvalue weighted by Crippen LogP contribution is -2.31. The number of hydrogen-bond donors (Lipinski definition) is 1. The van der Waals surface area contributed by atoms with Gasteiger partial charge in [-0.1, -0.05) is 12.1 Å². The van der Waals surface area contributed by atoms with Gasteiger partial charge in [0.2, 0.25) is 10.0 Å². The van der Waals surface area contributed by atoms with Crippen LogP contribution >= 0.6 is 0 Å². The molecule has 1 N–H and O–H groups in total. The highest BCUT2D eigenvalue weighted by molar-refractivity contribution is 7.89. The fourth-order valence-electron chi connectivity index (χ4n) is 2.45. The van der Waals surface area contributed by atoms with Gasteiger partial charge in [-0.25, -0.2) is 17.5 Å². The number of nitrogens with one attached hydrogen (secondary N) is 1. The summed E-state index contributed by atoms with van der Waals surface area (Å²) in [5, 5.41) is 8.81. The maximum absolute atomic E-state index is 14.2. The fraction of sp³-hybridized carbons (Fsp3) is 0.263. The number of carbonyl (C=O) groups is 1. The van der Waals surface area contributed by atoms with Crippen LogP contribution in [0.5, 0.6) is 0 Å². The number of rotatable bonds is 6. The van der Waals surface area contributed by atoms with E-state index in [1.54, 1.807) is 38.1 Å². The Labute approximate surface area is 158 Å². The zero-order chi connectivity index (χ0) is 20.2. The molecule has 1 amide bonds. The van der Waals surface area contributed by atoms with Gasteiger partial charge in [-0.15, -0.1) is 0 Å². The molecule has 0 radical (unpaired) electrons. The molecule has 0 saturated heterocycles. The smallest absolute Gasteiger partial charge is 0.256 e. The normalized spacial score (nSPS) is 11.3. The van der Waals surface area contributed by atoms with Crippen LogP contribution in [0.1, 0.15) is 35.3 Å². The molecule has 0 aromatic heterocycles. The number of nitrogens with zero attached hydrogens (tertiary/aromatic N) is 2. The van der Waals surface area contributed by atoms with E-state index in [2.05, 4.69) is 4.72 Å². The summed E-state index contributed by atoms with van der Waals surface area (Å²) in [4.78, 5) is 13.7. The molecule has 0 fully saturated rings. The lowest BCUT2D eigenvalue weighted by atomic mass is 10.1. The van der Waals surface area contributed by atoms with Gasteiger partial charge in [-0.05, 0) is 49.7 Å². The van der Waals surface area contributed by atoms with Gasteiger partial charge in [-0.2, -0.15) is 5.26 Å². The maximum atomic E-state index is 14.2. The van der Waals surface area contributed by atoms with Crippen molar-refractivity contribution in [1.82, 2.24) is 9.62 Å². The van der Waals surface area contributed by atoms with Crippen molar-refractivity contribution in [2.45, 2.75) is 31.3 Å². The molecule has 0 atom stereocenters. The number of hydrogen-bond acceptors (Lipinski definition) is 4. The van der Waals surface area contributed by atoms with E-state index in [1.807, 2.05) is 6.07 Å². The van der Waals surface area contributed by atoms with E-state index in [0.717, 1.165) is 23.8 Å². The Morgan fingerprint density at radius 3 is 2.41 bits per heavy atom. The topological polar surface area (TPSA) is 90.3 Å². The van der Waals surface area contributed by atoms with E-state index in [1.165, 1.54) is 11.9 Å². The third kappa shape index (κ3) is 5.12. The number of nitriles is 1. The van der Waals surface area contributed by atoms with Gasteiger partial charge < -0.3 is 4.90 Å². The van der Waals surface area contributed by atoms with Crippen LogP contribution in [-0.2, 0) is 16.6 Å². The maximum Gasteiger partial charge on any atom is 0.256 e. The molecular weight excluding hydrogens is 369 g/mol. The minimum atomic E-state index is -3.84. The zero-order valence-corrected chi connectivity index (χ0v) is 16.0. The number of carbonyl (C=O) groups excluding carboxylic acids is 1. The number of benzene rings is 2. The van der Waals surface area contributed by atoms with Crippen LogP contribution in [0, 0.1) is 17.1 Å². The van der Waals surface area contributed by atoms with Crippen molar-refractivity contribution < 1.29 is 17.6 Å². The quantitative estimate of drug-likeness (QED) is 0.822. The van der Waals surface area contributed by atoms with Crippen molar-refractivity contribution in [2.24, 2.45) is 0 Å². The Morgan fingerprint density at radius 2 is 1.85 bits per heavy atom. The first-order valence-corrected chi connectivity index (χ1v) is 9.68. The molecule has 6 nitrogen and oxygen atoms in total. The van der Waals surface area contributed by atoms with E-state index >= 15 is 0 Å². The lowest BCUT2D eigenvalue weighted by molar-refractivity contribution is 0.0780. The molecule has 8 heteroatoms. The van der Waals surface area contributed by atoms with Crippen LogP contribution in [0.4, 0.5) is 4.39 Å². The first kappa shape index (κ1) is 20.6. The van der Waals surface area contributed by atoms with E-state index in [9.17, 15) is 17.6 Å². The Bertz CT molecular complexity index is 980. The van der Waals surface area contributed by atoms with Gasteiger partial charge in [0.1, 0.15) is 5.82 Å². The van der Waals surface area contributed by atoms with Crippen LogP contribution in [0.15, 0.2) is 47.4 Å². The molecule has 0 aliphatic heterocycles. The van der Waals surface area contributed by atoms with Gasteiger partial charge in [-0.3, -0.25) is 4.79 Å². The minimum absolute atomic E-state index is 0.173. The second-order valence-corrected chi connectivity index (χ2v) is 8.10. The zero-order valence-electron chi connectivity index (χ0n) is 15.2. The molecule has 0 unspecified atom stereocenters. The van der Waals surface area contributed by atoms with Crippen molar-refractivity contribution in [3.05, 3.63) is 65.0 Å². The van der Waals surface area contributed by atoms with E-state index < -0.39 is 21.7 Å². The van der Waals surface area contributed by atoms with Gasteiger partial charge in [0, 0.05) is 19.6 Å². The predicted octanol–water partition coefficient (Wildman–Crippen LogP) is 2.66. The summed E-state index contributed by atoms with van der Waals surface area (Å²) in [6.07, 6.45) is 0. The fourth-order valence-corrected chi connectivity index (χ4v) is 3.73. The van der Waals surface area contributed by atoms with Crippen LogP contribution in [-0.4, -0.2) is 32.3 Å². The molecular formula is C19H20FN3O3S.